The van der Waals surface area contributed by atoms with Gasteiger partial charge in [0.25, 0.3) is 0 Å². The van der Waals surface area contributed by atoms with E-state index in [2.05, 4.69) is 30.1 Å². The van der Waals surface area contributed by atoms with Crippen molar-refractivity contribution >= 4 is 53.1 Å². The predicted octanol–water partition coefficient (Wildman–Crippen LogP) is 6.10. The van der Waals surface area contributed by atoms with Gasteiger partial charge >= 0.3 is 0 Å². The van der Waals surface area contributed by atoms with Crippen LogP contribution >= 0.6 is 35.6 Å². The van der Waals surface area contributed by atoms with Crippen LogP contribution in [-0.2, 0) is 16.0 Å². The van der Waals surface area contributed by atoms with Gasteiger partial charge in [0.1, 0.15) is 0 Å². The van der Waals surface area contributed by atoms with Crippen LogP contribution in [0.25, 0.3) is 0 Å². The lowest BCUT2D eigenvalue weighted by molar-refractivity contribution is -0.135. The molecule has 0 aliphatic carbocycles. The van der Waals surface area contributed by atoms with E-state index in [0.717, 1.165) is 36.3 Å². The molecule has 1 aliphatic heterocycles. The van der Waals surface area contributed by atoms with Crippen LogP contribution in [0.15, 0.2) is 42.5 Å². The maximum atomic E-state index is 13.2. The van der Waals surface area contributed by atoms with E-state index in [1.54, 1.807) is 0 Å². The fraction of sp³-hybridized carbons (Fsp3) is 0.533. The zero-order chi connectivity index (χ0) is 27.8. The van der Waals surface area contributed by atoms with Crippen molar-refractivity contribution in [3.05, 3.63) is 63.6 Å². The molecule has 1 aliphatic rings. The van der Waals surface area contributed by atoms with Crippen molar-refractivity contribution in [3.8, 4) is 0 Å². The second kappa shape index (κ2) is 15.7. The number of carbonyl (C=O) groups excluding carboxylic acids is 2. The van der Waals surface area contributed by atoms with E-state index in [1.165, 1.54) is 0 Å². The van der Waals surface area contributed by atoms with Crippen LogP contribution in [0.3, 0.4) is 0 Å². The summed E-state index contributed by atoms with van der Waals surface area (Å²) in [6.45, 7) is 9.82. The third kappa shape index (κ3) is 10.2. The largest absolute Gasteiger partial charge is 0.368 e. The van der Waals surface area contributed by atoms with Gasteiger partial charge in [-0.05, 0) is 74.3 Å². The lowest BCUT2D eigenvalue weighted by atomic mass is 9.94. The lowest BCUT2D eigenvalue weighted by Crippen LogP contribution is -2.50. The molecule has 9 heteroatoms. The molecule has 39 heavy (non-hydrogen) atoms. The maximum Gasteiger partial charge on any atom is 0.225 e. The molecule has 2 atom stereocenters. The first-order valence-electron chi connectivity index (χ1n) is 13.5. The molecule has 0 aromatic heterocycles. The molecule has 0 radical (unpaired) electrons. The molecular formula is C30H43Cl3N4O2. The fourth-order valence-corrected chi connectivity index (χ4v) is 5.27. The number of piperazine rings is 1. The number of nitrogens with one attached hydrogen (secondary N) is 1. The number of amides is 2. The molecule has 2 aromatic carbocycles. The molecule has 2 amide bonds. The third-order valence-corrected chi connectivity index (χ3v) is 7.49. The Bertz CT molecular complexity index is 1070. The van der Waals surface area contributed by atoms with Gasteiger partial charge < -0.3 is 20.0 Å². The Hall–Kier alpha value is -1.99. The number of halogens is 3. The maximum absolute atomic E-state index is 13.2. The van der Waals surface area contributed by atoms with Gasteiger partial charge in [-0.2, -0.15) is 0 Å². The zero-order valence-corrected chi connectivity index (χ0v) is 26.1. The molecule has 2 aromatic rings. The molecule has 1 N–H and O–H groups in total. The third-order valence-electron chi connectivity index (χ3n) is 7.00. The molecule has 0 spiro atoms. The fourth-order valence-electron chi connectivity index (χ4n) is 4.96. The molecule has 6 nitrogen and oxygen atoms in total. The Labute approximate surface area is 250 Å². The summed E-state index contributed by atoms with van der Waals surface area (Å²) in [5.74, 6) is 0.529. The number of rotatable bonds is 11. The number of hydrogen-bond donors (Lipinski definition) is 1. The molecule has 0 unspecified atom stereocenters. The average Bonchev–Trinajstić information content (AvgIpc) is 2.88. The van der Waals surface area contributed by atoms with Gasteiger partial charge in [-0.15, -0.1) is 12.4 Å². The van der Waals surface area contributed by atoms with Crippen molar-refractivity contribution in [3.63, 3.8) is 0 Å². The molecule has 0 saturated carbocycles. The summed E-state index contributed by atoms with van der Waals surface area (Å²) >= 11 is 12.5. The predicted molar refractivity (Wildman–Crippen MR) is 165 cm³/mol. The second-order valence-corrected chi connectivity index (χ2v) is 11.9. The van der Waals surface area contributed by atoms with Crippen molar-refractivity contribution in [2.75, 3.05) is 51.7 Å². The number of carbonyl (C=O) groups is 2. The summed E-state index contributed by atoms with van der Waals surface area (Å²) in [5, 5.41) is 4.63. The van der Waals surface area contributed by atoms with Gasteiger partial charge in [0, 0.05) is 60.8 Å². The van der Waals surface area contributed by atoms with Crippen molar-refractivity contribution in [1.82, 2.24) is 15.1 Å². The van der Waals surface area contributed by atoms with Crippen LogP contribution in [0.2, 0.25) is 10.0 Å². The highest BCUT2D eigenvalue weighted by molar-refractivity contribution is 6.31. The Morgan fingerprint density at radius 1 is 0.949 bits per heavy atom. The average molecular weight is 598 g/mol. The molecular weight excluding hydrogens is 555 g/mol. The van der Waals surface area contributed by atoms with Crippen LogP contribution in [0.4, 0.5) is 5.69 Å². The summed E-state index contributed by atoms with van der Waals surface area (Å²) in [6, 6.07) is 13.5. The van der Waals surface area contributed by atoms with Crippen molar-refractivity contribution < 1.29 is 9.59 Å². The van der Waals surface area contributed by atoms with Gasteiger partial charge in [0.15, 0.2) is 0 Å². The number of hydrogen-bond acceptors (Lipinski definition) is 4. The summed E-state index contributed by atoms with van der Waals surface area (Å²) in [5.41, 5.74) is 3.23. The van der Waals surface area contributed by atoms with E-state index in [4.69, 9.17) is 23.2 Å². The van der Waals surface area contributed by atoms with Gasteiger partial charge in [-0.3, -0.25) is 9.59 Å². The summed E-state index contributed by atoms with van der Waals surface area (Å²) in [7, 11) is 3.94. The Morgan fingerprint density at radius 3 is 2.15 bits per heavy atom. The molecule has 216 valence electrons. The van der Waals surface area contributed by atoms with Crippen molar-refractivity contribution in [2.24, 2.45) is 11.8 Å². The van der Waals surface area contributed by atoms with E-state index < -0.39 is 0 Å². The van der Waals surface area contributed by atoms with Gasteiger partial charge in [0.05, 0.1) is 6.04 Å². The first-order valence-corrected chi connectivity index (χ1v) is 14.3. The van der Waals surface area contributed by atoms with Crippen LogP contribution in [-0.4, -0.2) is 68.4 Å². The van der Waals surface area contributed by atoms with Crippen LogP contribution in [0.5, 0.6) is 0 Å². The SMILES string of the molecule is CC(C)C[C@H](NC(=O)CCN(C)C)c1cc(Cl)ccc1N1CCN(C(=O)[C@H](C)Cc2ccc(Cl)cc2)CC1.Cl. The molecule has 1 saturated heterocycles. The Morgan fingerprint density at radius 2 is 1.56 bits per heavy atom. The van der Waals surface area contributed by atoms with Crippen molar-refractivity contribution in [1.29, 1.82) is 0 Å². The molecule has 1 fully saturated rings. The number of benzene rings is 2. The van der Waals surface area contributed by atoms with E-state index in [9.17, 15) is 9.59 Å². The zero-order valence-electron chi connectivity index (χ0n) is 23.8. The second-order valence-electron chi connectivity index (χ2n) is 11.1. The lowest BCUT2D eigenvalue weighted by Gasteiger charge is -2.39. The minimum Gasteiger partial charge on any atom is -0.368 e. The highest BCUT2D eigenvalue weighted by atomic mass is 35.5. The Balaban J connectivity index is 0.00000533. The van der Waals surface area contributed by atoms with Crippen LogP contribution in [0.1, 0.15) is 50.8 Å². The van der Waals surface area contributed by atoms with Gasteiger partial charge in [-0.1, -0.05) is 56.1 Å². The molecule has 1 heterocycles. The topological polar surface area (TPSA) is 55.9 Å². The van der Waals surface area contributed by atoms with Crippen LogP contribution < -0.4 is 10.2 Å². The van der Waals surface area contributed by atoms with E-state index >= 15 is 0 Å². The minimum absolute atomic E-state index is 0. The quantitative estimate of drug-likeness (QED) is 0.340. The normalized spacial score (nSPS) is 15.2. The first kappa shape index (κ1) is 33.2. The van der Waals surface area contributed by atoms with Crippen molar-refractivity contribution in [2.45, 2.75) is 46.1 Å². The first-order chi connectivity index (χ1) is 18.0. The summed E-state index contributed by atoms with van der Waals surface area (Å²) in [6.07, 6.45) is 1.97. The smallest absolute Gasteiger partial charge is 0.225 e. The van der Waals surface area contributed by atoms with Gasteiger partial charge in [-0.25, -0.2) is 0 Å². The highest BCUT2D eigenvalue weighted by Crippen LogP contribution is 2.34. The standard InChI is InChI=1S/C30H42Cl2N4O2.ClH/c1-21(2)18-27(33-29(37)12-13-34(4)5)26-20-25(32)10-11-28(26)35-14-16-36(17-15-35)30(38)22(3)19-23-6-8-24(31)9-7-23;/h6-11,20-22,27H,12-19H2,1-5H3,(H,33,37);1H/t22-,27+;/m1./s1. The number of anilines is 1. The van der Waals surface area contributed by atoms with E-state index in [-0.39, 0.29) is 36.2 Å². The monoisotopic (exact) mass is 596 g/mol. The number of nitrogens with zero attached hydrogens (tertiary/aromatic N) is 3. The molecule has 0 bridgehead atoms. The Kier molecular flexibility index (Phi) is 13.4. The van der Waals surface area contributed by atoms with Gasteiger partial charge in [0.2, 0.25) is 11.8 Å². The molecule has 3 rings (SSSR count). The highest BCUT2D eigenvalue weighted by Gasteiger charge is 2.28. The van der Waals surface area contributed by atoms with Crippen LogP contribution in [0, 0.1) is 11.8 Å². The minimum atomic E-state index is -0.127. The van der Waals surface area contributed by atoms with E-state index in [0.29, 0.717) is 48.4 Å². The summed E-state index contributed by atoms with van der Waals surface area (Å²) in [4.78, 5) is 32.3. The summed E-state index contributed by atoms with van der Waals surface area (Å²) < 4.78 is 0. The van der Waals surface area contributed by atoms with E-state index in [1.807, 2.05) is 67.2 Å².